The van der Waals surface area contributed by atoms with Gasteiger partial charge in [-0.3, -0.25) is 4.79 Å². The molecule has 0 spiro atoms. The molecule has 1 aromatic rings. The molecule has 3 N–H and O–H groups in total. The summed E-state index contributed by atoms with van der Waals surface area (Å²) < 4.78 is 5.25. The Hall–Kier alpha value is -1.55. The van der Waals surface area contributed by atoms with Crippen LogP contribution in [-0.4, -0.2) is 23.7 Å². The number of carbonyl (C=O) groups is 1. The number of rotatable bonds is 5. The van der Waals surface area contributed by atoms with Crippen molar-refractivity contribution in [2.75, 3.05) is 6.61 Å². The van der Waals surface area contributed by atoms with Crippen LogP contribution in [0.25, 0.3) is 0 Å². The van der Waals surface area contributed by atoms with Gasteiger partial charge in [0.1, 0.15) is 11.8 Å². The molecule has 0 bridgehead atoms. The molecule has 0 saturated heterocycles. The molecule has 1 aromatic carbocycles. The smallest absolute Gasteiger partial charge is 0.320 e. The van der Waals surface area contributed by atoms with Gasteiger partial charge in [0.05, 0.1) is 6.61 Å². The van der Waals surface area contributed by atoms with Gasteiger partial charge in [-0.15, -0.1) is 0 Å². The lowest BCUT2D eigenvalue weighted by Crippen LogP contribution is -2.31. The van der Waals surface area contributed by atoms with Gasteiger partial charge in [0.2, 0.25) is 0 Å². The first-order valence-corrected chi connectivity index (χ1v) is 4.27. The minimum Gasteiger partial charge on any atom is -0.493 e. The van der Waals surface area contributed by atoms with Crippen LogP contribution in [0, 0.1) is 6.07 Å². The van der Waals surface area contributed by atoms with Gasteiger partial charge in [-0.25, -0.2) is 0 Å². The summed E-state index contributed by atoms with van der Waals surface area (Å²) in [5, 5.41) is 8.49. The van der Waals surface area contributed by atoms with Crippen molar-refractivity contribution in [2.45, 2.75) is 12.5 Å². The van der Waals surface area contributed by atoms with Crippen molar-refractivity contribution >= 4 is 5.97 Å². The fraction of sp³-hybridized carbons (Fsp3) is 0.300. The van der Waals surface area contributed by atoms with Crippen LogP contribution in [-0.2, 0) is 4.79 Å². The number of benzene rings is 1. The van der Waals surface area contributed by atoms with Gasteiger partial charge >= 0.3 is 5.97 Å². The lowest BCUT2D eigenvalue weighted by Gasteiger charge is -2.07. The average molecular weight is 194 g/mol. The fourth-order valence-corrected chi connectivity index (χ4v) is 0.894. The Balaban J connectivity index is 2.26. The maximum Gasteiger partial charge on any atom is 0.320 e. The van der Waals surface area contributed by atoms with Crippen LogP contribution in [0.5, 0.6) is 5.75 Å². The van der Waals surface area contributed by atoms with Gasteiger partial charge in [0, 0.05) is 6.42 Å². The molecule has 0 aliphatic heterocycles. The maximum absolute atomic E-state index is 10.4. The van der Waals surface area contributed by atoms with Crippen molar-refractivity contribution in [3.8, 4) is 5.75 Å². The summed E-state index contributed by atoms with van der Waals surface area (Å²) in [6, 6.07) is 9.02. The van der Waals surface area contributed by atoms with E-state index >= 15 is 0 Å². The Kier molecular flexibility index (Phi) is 3.94. The number of hydrogen-bond acceptors (Lipinski definition) is 3. The molecule has 1 atom stereocenters. The number of aliphatic carboxylic acids is 1. The molecule has 1 rings (SSSR count). The predicted molar refractivity (Wildman–Crippen MR) is 51.0 cm³/mol. The Morgan fingerprint density at radius 2 is 2.50 bits per heavy atom. The van der Waals surface area contributed by atoms with Crippen LogP contribution >= 0.6 is 0 Å². The SMILES string of the molecule is NC(CCOc1c[c]ccc1)C(=O)O. The number of nitrogens with two attached hydrogens (primary N) is 1. The summed E-state index contributed by atoms with van der Waals surface area (Å²) in [5.74, 6) is -0.335. The van der Waals surface area contributed by atoms with Crippen LogP contribution in [0.2, 0.25) is 0 Å². The number of carboxylic acid groups (broad SMARTS) is 1. The minimum atomic E-state index is -1.01. The fourth-order valence-electron chi connectivity index (χ4n) is 0.894. The Bertz CT molecular complexity index is 287. The summed E-state index contributed by atoms with van der Waals surface area (Å²) >= 11 is 0. The van der Waals surface area contributed by atoms with E-state index in [2.05, 4.69) is 6.07 Å². The summed E-state index contributed by atoms with van der Waals surface area (Å²) in [4.78, 5) is 10.4. The Morgan fingerprint density at radius 3 is 3.07 bits per heavy atom. The van der Waals surface area contributed by atoms with Crippen LogP contribution in [0.15, 0.2) is 24.3 Å². The van der Waals surface area contributed by atoms with Crippen LogP contribution in [0.1, 0.15) is 6.42 Å². The summed E-state index contributed by atoms with van der Waals surface area (Å²) in [6.07, 6.45) is 0.296. The van der Waals surface area contributed by atoms with E-state index in [9.17, 15) is 4.79 Å². The molecule has 1 unspecified atom stereocenters. The summed E-state index contributed by atoms with van der Waals surface area (Å²) in [5.41, 5.74) is 5.29. The van der Waals surface area contributed by atoms with Crippen LogP contribution in [0.4, 0.5) is 0 Å². The first kappa shape index (κ1) is 10.5. The van der Waals surface area contributed by atoms with E-state index in [0.717, 1.165) is 0 Å². The van der Waals surface area contributed by atoms with Crippen molar-refractivity contribution < 1.29 is 14.6 Å². The molecular weight excluding hydrogens is 182 g/mol. The highest BCUT2D eigenvalue weighted by Gasteiger charge is 2.10. The minimum absolute atomic E-state index is 0.296. The van der Waals surface area contributed by atoms with E-state index in [1.165, 1.54) is 0 Å². The molecule has 4 nitrogen and oxygen atoms in total. The van der Waals surface area contributed by atoms with Gasteiger partial charge in [0.15, 0.2) is 0 Å². The molecule has 14 heavy (non-hydrogen) atoms. The highest BCUT2D eigenvalue weighted by atomic mass is 16.5. The normalized spacial score (nSPS) is 12.1. The zero-order valence-corrected chi connectivity index (χ0v) is 7.64. The zero-order valence-electron chi connectivity index (χ0n) is 7.64. The van der Waals surface area contributed by atoms with Crippen molar-refractivity contribution in [1.82, 2.24) is 0 Å². The third kappa shape index (κ3) is 3.45. The predicted octanol–water partition coefficient (Wildman–Crippen LogP) is 0.668. The highest BCUT2D eigenvalue weighted by Crippen LogP contribution is 2.08. The lowest BCUT2D eigenvalue weighted by atomic mass is 10.2. The standard InChI is InChI=1S/C10H12NO3/c11-9(10(12)13)6-7-14-8-4-2-1-3-5-8/h1-2,4-5,9H,6-7,11H2,(H,12,13). The van der Waals surface area contributed by atoms with Crippen molar-refractivity contribution in [3.63, 3.8) is 0 Å². The van der Waals surface area contributed by atoms with Gasteiger partial charge in [-0.05, 0) is 18.2 Å². The average Bonchev–Trinajstić information content (AvgIpc) is 2.19. The maximum atomic E-state index is 10.4. The summed E-state index contributed by atoms with van der Waals surface area (Å²) in [7, 11) is 0. The molecule has 75 valence electrons. The topological polar surface area (TPSA) is 72.5 Å². The van der Waals surface area contributed by atoms with E-state index < -0.39 is 12.0 Å². The van der Waals surface area contributed by atoms with Crippen molar-refractivity contribution in [2.24, 2.45) is 5.73 Å². The second-order valence-electron chi connectivity index (χ2n) is 2.82. The largest absolute Gasteiger partial charge is 0.493 e. The second-order valence-corrected chi connectivity index (χ2v) is 2.82. The molecular formula is C10H12NO3. The van der Waals surface area contributed by atoms with Crippen LogP contribution in [0.3, 0.4) is 0 Å². The molecule has 4 heteroatoms. The van der Waals surface area contributed by atoms with E-state index in [1.807, 2.05) is 0 Å². The quantitative estimate of drug-likeness (QED) is 0.722. The number of carboxylic acids is 1. The first-order valence-electron chi connectivity index (χ1n) is 4.27. The third-order valence-electron chi connectivity index (χ3n) is 1.69. The van der Waals surface area contributed by atoms with E-state index in [0.29, 0.717) is 18.8 Å². The first-order chi connectivity index (χ1) is 6.70. The van der Waals surface area contributed by atoms with Crippen molar-refractivity contribution in [3.05, 3.63) is 30.3 Å². The van der Waals surface area contributed by atoms with E-state index in [-0.39, 0.29) is 0 Å². The van der Waals surface area contributed by atoms with Gasteiger partial charge in [-0.1, -0.05) is 12.1 Å². The molecule has 0 saturated carbocycles. The summed E-state index contributed by atoms with van der Waals surface area (Å²) in [6.45, 7) is 0.297. The van der Waals surface area contributed by atoms with Crippen LogP contribution < -0.4 is 10.5 Å². The number of hydrogen-bond donors (Lipinski definition) is 2. The van der Waals surface area contributed by atoms with Gasteiger partial charge < -0.3 is 15.6 Å². The van der Waals surface area contributed by atoms with Gasteiger partial charge in [0.25, 0.3) is 0 Å². The molecule has 0 aliphatic carbocycles. The molecule has 0 aliphatic rings. The number of ether oxygens (including phenoxy) is 1. The zero-order chi connectivity index (χ0) is 10.4. The molecule has 0 fully saturated rings. The highest BCUT2D eigenvalue weighted by molar-refractivity contribution is 5.72. The monoisotopic (exact) mass is 194 g/mol. The molecule has 0 amide bonds. The Labute approximate surface area is 82.3 Å². The molecule has 0 heterocycles. The molecule has 1 radical (unpaired) electrons. The van der Waals surface area contributed by atoms with E-state index in [4.69, 9.17) is 15.6 Å². The van der Waals surface area contributed by atoms with E-state index in [1.54, 1.807) is 24.3 Å². The van der Waals surface area contributed by atoms with Crippen molar-refractivity contribution in [1.29, 1.82) is 0 Å². The van der Waals surface area contributed by atoms with Gasteiger partial charge in [-0.2, -0.15) is 0 Å². The lowest BCUT2D eigenvalue weighted by molar-refractivity contribution is -0.138. The molecule has 0 aromatic heterocycles. The Morgan fingerprint density at radius 1 is 1.71 bits per heavy atom. The third-order valence-corrected chi connectivity index (χ3v) is 1.69. The second kappa shape index (κ2) is 5.24.